The lowest BCUT2D eigenvalue weighted by molar-refractivity contribution is 0.583. The third-order valence-electron chi connectivity index (χ3n) is 3.07. The molecule has 5 nitrogen and oxygen atoms in total. The van der Waals surface area contributed by atoms with Crippen LogP contribution in [0.5, 0.6) is 0 Å². The molecule has 1 aromatic rings. The van der Waals surface area contributed by atoms with Gasteiger partial charge in [0.1, 0.15) is 0 Å². The normalized spacial score (nSPS) is 18.6. The van der Waals surface area contributed by atoms with Gasteiger partial charge in [-0.25, -0.2) is 16.8 Å². The fraction of sp³-hybridized carbons (Fsp3) is 0.455. The summed E-state index contributed by atoms with van der Waals surface area (Å²) in [5.41, 5.74) is 5.73. The summed E-state index contributed by atoms with van der Waals surface area (Å²) < 4.78 is 47.1. The smallest absolute Gasteiger partial charge is 0.177 e. The van der Waals surface area contributed by atoms with Crippen molar-refractivity contribution in [2.24, 2.45) is 5.73 Å². The Morgan fingerprint density at radius 2 is 1.61 bits per heavy atom. The van der Waals surface area contributed by atoms with Gasteiger partial charge in [-0.15, -0.1) is 0 Å². The lowest BCUT2D eigenvalue weighted by Crippen LogP contribution is -2.23. The number of hydrogen-bond acceptors (Lipinski definition) is 5. The van der Waals surface area contributed by atoms with E-state index in [0.717, 1.165) is 12.5 Å². The maximum Gasteiger partial charge on any atom is 0.177 e. The van der Waals surface area contributed by atoms with E-state index < -0.39 is 25.2 Å². The van der Waals surface area contributed by atoms with Crippen molar-refractivity contribution in [3.8, 4) is 0 Å². The molecule has 1 aliphatic carbocycles. The molecule has 1 saturated carbocycles. The molecular formula is C11H15NO4S2. The second kappa shape index (κ2) is 3.79. The van der Waals surface area contributed by atoms with E-state index in [-0.39, 0.29) is 9.79 Å². The fourth-order valence-electron chi connectivity index (χ4n) is 1.99. The highest BCUT2D eigenvalue weighted by Crippen LogP contribution is 2.46. The summed E-state index contributed by atoms with van der Waals surface area (Å²) in [4.78, 5) is -0.313. The van der Waals surface area contributed by atoms with Crippen LogP contribution in [0, 0.1) is 0 Å². The quantitative estimate of drug-likeness (QED) is 0.871. The Morgan fingerprint density at radius 3 is 2.00 bits per heavy atom. The Kier molecular flexibility index (Phi) is 2.84. The van der Waals surface area contributed by atoms with Crippen molar-refractivity contribution in [2.75, 3.05) is 12.5 Å². The topological polar surface area (TPSA) is 94.3 Å². The molecule has 0 bridgehead atoms. The van der Waals surface area contributed by atoms with Crippen LogP contribution in [0.1, 0.15) is 18.4 Å². The fourth-order valence-corrected chi connectivity index (χ4v) is 4.77. The van der Waals surface area contributed by atoms with Gasteiger partial charge in [0.15, 0.2) is 19.7 Å². The molecule has 7 heteroatoms. The summed E-state index contributed by atoms with van der Waals surface area (Å²) >= 11 is 0. The third-order valence-corrected chi connectivity index (χ3v) is 5.52. The first kappa shape index (κ1) is 13.5. The number of benzene rings is 1. The largest absolute Gasteiger partial charge is 0.321 e. The first-order chi connectivity index (χ1) is 8.06. The second-order valence-corrected chi connectivity index (χ2v) is 8.77. The predicted octanol–water partition coefficient (Wildman–Crippen LogP) is 0.441. The standard InChI is InChI=1S/C11H15NO4S2/c1-17(13,14)9-5-3-4-8(11(12)6-7-11)10(9)18(2,15)16/h3-5H,6-7,12H2,1-2H3. The van der Waals surface area contributed by atoms with Gasteiger partial charge in [-0.2, -0.15) is 0 Å². The minimum Gasteiger partial charge on any atom is -0.321 e. The zero-order valence-electron chi connectivity index (χ0n) is 10.2. The molecular weight excluding hydrogens is 274 g/mol. The highest BCUT2D eigenvalue weighted by molar-refractivity contribution is 7.93. The number of sulfone groups is 2. The van der Waals surface area contributed by atoms with Gasteiger partial charge in [0.25, 0.3) is 0 Å². The van der Waals surface area contributed by atoms with E-state index in [9.17, 15) is 16.8 Å². The van der Waals surface area contributed by atoms with Crippen LogP contribution < -0.4 is 5.73 Å². The summed E-state index contributed by atoms with van der Waals surface area (Å²) in [5.74, 6) is 0. The van der Waals surface area contributed by atoms with Gasteiger partial charge >= 0.3 is 0 Å². The maximum atomic E-state index is 11.9. The number of rotatable bonds is 3. The van der Waals surface area contributed by atoms with Crippen molar-refractivity contribution in [3.63, 3.8) is 0 Å². The summed E-state index contributed by atoms with van der Waals surface area (Å²) in [6, 6.07) is 4.44. The summed E-state index contributed by atoms with van der Waals surface area (Å²) in [5, 5.41) is 0. The molecule has 2 N–H and O–H groups in total. The molecule has 0 amide bonds. The summed E-state index contributed by atoms with van der Waals surface area (Å²) in [6.45, 7) is 0. The van der Waals surface area contributed by atoms with Crippen molar-refractivity contribution in [1.29, 1.82) is 0 Å². The first-order valence-corrected chi connectivity index (χ1v) is 9.16. The molecule has 0 saturated heterocycles. The lowest BCUT2D eigenvalue weighted by Gasteiger charge is -2.16. The van der Waals surface area contributed by atoms with Crippen LogP contribution in [-0.4, -0.2) is 29.3 Å². The van der Waals surface area contributed by atoms with Crippen molar-refractivity contribution >= 4 is 19.7 Å². The van der Waals surface area contributed by atoms with E-state index in [4.69, 9.17) is 5.73 Å². The van der Waals surface area contributed by atoms with Gasteiger partial charge in [-0.3, -0.25) is 0 Å². The molecule has 0 spiro atoms. The minimum absolute atomic E-state index is 0.146. The zero-order valence-corrected chi connectivity index (χ0v) is 11.8. The van der Waals surface area contributed by atoms with Gasteiger partial charge in [0.05, 0.1) is 9.79 Å². The number of nitrogens with two attached hydrogens (primary N) is 1. The molecule has 1 aliphatic rings. The Bertz CT molecular complexity index is 701. The van der Waals surface area contributed by atoms with Crippen LogP contribution in [0.4, 0.5) is 0 Å². The molecule has 100 valence electrons. The Labute approximate surface area is 107 Å². The molecule has 0 unspecified atom stereocenters. The Hall–Kier alpha value is -0.920. The zero-order chi connectivity index (χ0) is 13.8. The third kappa shape index (κ3) is 2.30. The lowest BCUT2D eigenvalue weighted by atomic mass is 10.1. The van der Waals surface area contributed by atoms with Crippen molar-refractivity contribution < 1.29 is 16.8 Å². The van der Waals surface area contributed by atoms with E-state index >= 15 is 0 Å². The van der Waals surface area contributed by atoms with Crippen molar-refractivity contribution in [3.05, 3.63) is 23.8 Å². The van der Waals surface area contributed by atoms with Crippen LogP contribution in [0.3, 0.4) is 0 Å². The molecule has 1 fully saturated rings. The van der Waals surface area contributed by atoms with Crippen LogP contribution >= 0.6 is 0 Å². The van der Waals surface area contributed by atoms with Gasteiger partial charge < -0.3 is 5.73 Å². The average molecular weight is 289 g/mol. The molecule has 0 heterocycles. The molecule has 0 radical (unpaired) electrons. The van der Waals surface area contributed by atoms with Crippen LogP contribution in [0.2, 0.25) is 0 Å². The van der Waals surface area contributed by atoms with Crippen molar-refractivity contribution in [2.45, 2.75) is 28.2 Å². The van der Waals surface area contributed by atoms with Gasteiger partial charge in [0.2, 0.25) is 0 Å². The highest BCUT2D eigenvalue weighted by atomic mass is 32.2. The van der Waals surface area contributed by atoms with E-state index in [1.54, 1.807) is 6.07 Å². The highest BCUT2D eigenvalue weighted by Gasteiger charge is 2.44. The molecule has 18 heavy (non-hydrogen) atoms. The Balaban J connectivity index is 2.87. The Morgan fingerprint density at radius 1 is 1.06 bits per heavy atom. The van der Waals surface area contributed by atoms with E-state index in [1.165, 1.54) is 12.1 Å². The van der Waals surface area contributed by atoms with Gasteiger partial charge in [0, 0.05) is 18.1 Å². The molecule has 2 rings (SSSR count). The van der Waals surface area contributed by atoms with Crippen LogP contribution in [-0.2, 0) is 25.2 Å². The summed E-state index contributed by atoms with van der Waals surface area (Å²) in [7, 11) is -7.26. The van der Waals surface area contributed by atoms with Crippen LogP contribution in [0.25, 0.3) is 0 Å². The monoisotopic (exact) mass is 289 g/mol. The maximum absolute atomic E-state index is 11.9. The number of hydrogen-bond donors (Lipinski definition) is 1. The summed E-state index contributed by atoms with van der Waals surface area (Å²) in [6.07, 6.45) is 3.34. The molecule has 0 aliphatic heterocycles. The molecule has 0 atom stereocenters. The van der Waals surface area contributed by atoms with Gasteiger partial charge in [-0.1, -0.05) is 12.1 Å². The minimum atomic E-state index is -3.65. The van der Waals surface area contributed by atoms with E-state index in [1.807, 2.05) is 0 Å². The van der Waals surface area contributed by atoms with Crippen LogP contribution in [0.15, 0.2) is 28.0 Å². The van der Waals surface area contributed by atoms with Crippen molar-refractivity contribution in [1.82, 2.24) is 0 Å². The van der Waals surface area contributed by atoms with Gasteiger partial charge in [-0.05, 0) is 24.5 Å². The van der Waals surface area contributed by atoms with E-state index in [2.05, 4.69) is 0 Å². The average Bonchev–Trinajstić information content (AvgIpc) is 2.94. The molecule has 0 aromatic heterocycles. The second-order valence-electron chi connectivity index (χ2n) is 4.83. The predicted molar refractivity (Wildman–Crippen MR) is 67.8 cm³/mol. The van der Waals surface area contributed by atoms with E-state index in [0.29, 0.717) is 18.4 Å². The SMILES string of the molecule is CS(=O)(=O)c1cccc(C2(N)CC2)c1S(C)(=O)=O. The molecule has 1 aromatic carbocycles. The first-order valence-electron chi connectivity index (χ1n) is 5.38.